The van der Waals surface area contributed by atoms with Gasteiger partial charge in [-0.15, -0.1) is 0 Å². The van der Waals surface area contributed by atoms with E-state index in [9.17, 15) is 18.0 Å². The van der Waals surface area contributed by atoms with E-state index in [-0.39, 0.29) is 12.5 Å². The number of imidazole rings is 1. The molecule has 0 unspecified atom stereocenters. The van der Waals surface area contributed by atoms with Gasteiger partial charge in [0.1, 0.15) is 0 Å². The van der Waals surface area contributed by atoms with Crippen molar-refractivity contribution in [3.05, 3.63) is 89.5 Å². The molecule has 1 heterocycles. The van der Waals surface area contributed by atoms with Gasteiger partial charge in [-0.25, -0.2) is 4.98 Å². The second kappa shape index (κ2) is 7.43. The highest BCUT2D eigenvalue weighted by Crippen LogP contribution is 2.29. The van der Waals surface area contributed by atoms with Crippen LogP contribution in [-0.2, 0) is 19.3 Å². The van der Waals surface area contributed by atoms with E-state index in [2.05, 4.69) is 10.3 Å². The Morgan fingerprint density at radius 3 is 2.50 bits per heavy atom. The van der Waals surface area contributed by atoms with Crippen molar-refractivity contribution in [2.75, 3.05) is 0 Å². The second-order valence-electron chi connectivity index (χ2n) is 5.81. The third-order valence-electron chi connectivity index (χ3n) is 3.85. The largest absolute Gasteiger partial charge is 0.416 e. The molecule has 0 saturated carbocycles. The Kier molecular flexibility index (Phi) is 5.06. The van der Waals surface area contributed by atoms with Gasteiger partial charge in [0, 0.05) is 31.0 Å². The van der Waals surface area contributed by atoms with E-state index in [1.807, 2.05) is 22.9 Å². The maximum Gasteiger partial charge on any atom is 0.416 e. The van der Waals surface area contributed by atoms with Crippen LogP contribution in [0.4, 0.5) is 13.2 Å². The zero-order chi connectivity index (χ0) is 18.6. The number of rotatable bonds is 5. The lowest BCUT2D eigenvalue weighted by molar-refractivity contribution is -0.137. The number of amides is 1. The number of halogens is 3. The van der Waals surface area contributed by atoms with Crippen LogP contribution < -0.4 is 5.32 Å². The summed E-state index contributed by atoms with van der Waals surface area (Å²) in [5.41, 5.74) is 1.13. The maximum atomic E-state index is 12.7. The molecule has 0 saturated heterocycles. The van der Waals surface area contributed by atoms with Crippen molar-refractivity contribution in [2.24, 2.45) is 0 Å². The Balaban J connectivity index is 1.60. The lowest BCUT2D eigenvalue weighted by atomic mass is 10.1. The average Bonchev–Trinajstić information content (AvgIpc) is 3.13. The average molecular weight is 359 g/mol. The van der Waals surface area contributed by atoms with Crippen molar-refractivity contribution in [3.63, 3.8) is 0 Å². The smallest absolute Gasteiger partial charge is 0.348 e. The van der Waals surface area contributed by atoms with E-state index in [0.717, 1.165) is 17.7 Å². The van der Waals surface area contributed by atoms with E-state index in [0.29, 0.717) is 17.7 Å². The van der Waals surface area contributed by atoms with Crippen molar-refractivity contribution in [1.82, 2.24) is 14.9 Å². The number of aromatic nitrogens is 2. The fraction of sp³-hybridized carbons (Fsp3) is 0.158. The molecule has 0 aliphatic rings. The number of carbonyl (C=O) groups excluding carboxylic acids is 1. The van der Waals surface area contributed by atoms with Gasteiger partial charge in [0.05, 0.1) is 11.9 Å². The summed E-state index contributed by atoms with van der Waals surface area (Å²) in [5, 5.41) is 2.64. The minimum atomic E-state index is -4.40. The summed E-state index contributed by atoms with van der Waals surface area (Å²) in [4.78, 5) is 16.1. The highest BCUT2D eigenvalue weighted by atomic mass is 19.4. The van der Waals surface area contributed by atoms with Crippen LogP contribution in [-0.4, -0.2) is 15.5 Å². The Morgan fingerprint density at radius 2 is 1.85 bits per heavy atom. The highest BCUT2D eigenvalue weighted by molar-refractivity contribution is 5.94. The van der Waals surface area contributed by atoms with E-state index >= 15 is 0 Å². The van der Waals surface area contributed by atoms with E-state index in [4.69, 9.17) is 0 Å². The summed E-state index contributed by atoms with van der Waals surface area (Å²) in [6.45, 7) is 0.672. The molecular weight excluding hydrogens is 343 g/mol. The molecule has 2 aromatic carbocycles. The predicted octanol–water partition coefficient (Wildman–Crippen LogP) is 3.88. The van der Waals surface area contributed by atoms with Crippen LogP contribution in [0.5, 0.6) is 0 Å². The Morgan fingerprint density at radius 1 is 1.08 bits per heavy atom. The Bertz CT molecular complexity index is 872. The zero-order valence-electron chi connectivity index (χ0n) is 13.7. The van der Waals surface area contributed by atoms with Gasteiger partial charge >= 0.3 is 6.18 Å². The number of hydrogen-bond donors (Lipinski definition) is 1. The molecule has 0 aliphatic heterocycles. The van der Waals surface area contributed by atoms with Gasteiger partial charge in [-0.1, -0.05) is 24.3 Å². The fourth-order valence-corrected chi connectivity index (χ4v) is 2.49. The SMILES string of the molecule is O=C(NCc1cccc(C(F)(F)F)c1)c1ccc(Cn2ccnc2)cc1. The number of nitrogens with one attached hydrogen (secondary N) is 1. The molecule has 26 heavy (non-hydrogen) atoms. The normalized spacial score (nSPS) is 11.3. The summed E-state index contributed by atoms with van der Waals surface area (Å²) in [6.07, 6.45) is 0.839. The molecule has 0 atom stereocenters. The van der Waals surface area contributed by atoms with Gasteiger partial charge in [-0.3, -0.25) is 4.79 Å². The van der Waals surface area contributed by atoms with E-state index in [1.165, 1.54) is 6.07 Å². The minimum Gasteiger partial charge on any atom is -0.348 e. The molecule has 4 nitrogen and oxygen atoms in total. The van der Waals surface area contributed by atoms with E-state index in [1.54, 1.807) is 30.7 Å². The molecule has 0 bridgehead atoms. The van der Waals surface area contributed by atoms with Crippen molar-refractivity contribution in [3.8, 4) is 0 Å². The molecular formula is C19H16F3N3O. The first-order valence-corrected chi connectivity index (χ1v) is 7.91. The number of alkyl halides is 3. The Labute approximate surface area is 148 Å². The number of nitrogens with zero attached hydrogens (tertiary/aromatic N) is 2. The molecule has 7 heteroatoms. The zero-order valence-corrected chi connectivity index (χ0v) is 13.7. The van der Waals surface area contributed by atoms with Crippen LogP contribution >= 0.6 is 0 Å². The maximum absolute atomic E-state index is 12.7. The summed E-state index contributed by atoms with van der Waals surface area (Å²) in [7, 11) is 0. The quantitative estimate of drug-likeness (QED) is 0.752. The van der Waals surface area contributed by atoms with Crippen LogP contribution in [0.1, 0.15) is 27.0 Å². The molecule has 0 spiro atoms. The van der Waals surface area contributed by atoms with Crippen molar-refractivity contribution < 1.29 is 18.0 Å². The molecule has 134 valence electrons. The van der Waals surface area contributed by atoms with Crippen LogP contribution in [0.3, 0.4) is 0 Å². The van der Waals surface area contributed by atoms with E-state index < -0.39 is 11.7 Å². The first kappa shape index (κ1) is 17.7. The summed E-state index contributed by atoms with van der Waals surface area (Å²) in [5.74, 6) is -0.336. The molecule has 1 amide bonds. The summed E-state index contributed by atoms with van der Waals surface area (Å²) >= 11 is 0. The molecule has 3 aromatic rings. The highest BCUT2D eigenvalue weighted by Gasteiger charge is 2.30. The van der Waals surface area contributed by atoms with Crippen molar-refractivity contribution in [1.29, 1.82) is 0 Å². The fourth-order valence-electron chi connectivity index (χ4n) is 2.49. The molecule has 0 aliphatic carbocycles. The molecule has 0 radical (unpaired) electrons. The van der Waals surface area contributed by atoms with Crippen molar-refractivity contribution >= 4 is 5.91 Å². The van der Waals surface area contributed by atoms with Crippen LogP contribution in [0, 0.1) is 0 Å². The van der Waals surface area contributed by atoms with Gasteiger partial charge in [-0.05, 0) is 35.4 Å². The Hall–Kier alpha value is -3.09. The lowest BCUT2D eigenvalue weighted by Gasteiger charge is -2.10. The third-order valence-corrected chi connectivity index (χ3v) is 3.85. The molecule has 1 N–H and O–H groups in total. The summed E-state index contributed by atoms with van der Waals surface area (Å²) in [6, 6.07) is 12.0. The molecule has 3 rings (SSSR count). The van der Waals surface area contributed by atoms with Gasteiger partial charge in [0.25, 0.3) is 5.91 Å². The van der Waals surface area contributed by atoms with Gasteiger partial charge in [0.15, 0.2) is 0 Å². The second-order valence-corrected chi connectivity index (χ2v) is 5.81. The minimum absolute atomic E-state index is 0.0273. The number of hydrogen-bond acceptors (Lipinski definition) is 2. The third kappa shape index (κ3) is 4.50. The van der Waals surface area contributed by atoms with Crippen molar-refractivity contribution in [2.45, 2.75) is 19.3 Å². The first-order chi connectivity index (χ1) is 12.4. The van der Waals surface area contributed by atoms with Gasteiger partial charge in [0.2, 0.25) is 0 Å². The predicted molar refractivity (Wildman–Crippen MR) is 90.4 cm³/mol. The van der Waals surface area contributed by atoms with Crippen LogP contribution in [0.25, 0.3) is 0 Å². The monoisotopic (exact) mass is 359 g/mol. The van der Waals surface area contributed by atoms with Gasteiger partial charge < -0.3 is 9.88 Å². The lowest BCUT2D eigenvalue weighted by Crippen LogP contribution is -2.23. The first-order valence-electron chi connectivity index (χ1n) is 7.91. The van der Waals surface area contributed by atoms with Crippen LogP contribution in [0.2, 0.25) is 0 Å². The standard InChI is InChI=1S/C19H16F3N3O/c20-19(21,22)17-3-1-2-15(10-17)11-24-18(26)16-6-4-14(5-7-16)12-25-9-8-23-13-25/h1-10,13H,11-12H2,(H,24,26). The van der Waals surface area contributed by atoms with Gasteiger partial charge in [-0.2, -0.15) is 13.2 Å². The number of benzene rings is 2. The topological polar surface area (TPSA) is 46.9 Å². The summed E-state index contributed by atoms with van der Waals surface area (Å²) < 4.78 is 40.0. The molecule has 0 fully saturated rings. The number of carbonyl (C=O) groups is 1. The van der Waals surface area contributed by atoms with Crippen LogP contribution in [0.15, 0.2) is 67.3 Å². The molecule has 1 aromatic heterocycles.